The molecule has 0 aliphatic heterocycles. The zero-order valence-corrected chi connectivity index (χ0v) is 14.1. The number of rotatable bonds is 4. The molecule has 3 rings (SSSR count). The van der Waals surface area contributed by atoms with Gasteiger partial charge < -0.3 is 9.67 Å². The van der Waals surface area contributed by atoms with E-state index in [-0.39, 0.29) is 11.4 Å². The highest BCUT2D eigenvalue weighted by molar-refractivity contribution is 6.01. The van der Waals surface area contributed by atoms with Crippen molar-refractivity contribution in [3.05, 3.63) is 50.7 Å². The van der Waals surface area contributed by atoms with Gasteiger partial charge in [-0.05, 0) is 26.0 Å². The first kappa shape index (κ1) is 16.5. The molecule has 25 heavy (non-hydrogen) atoms. The molecule has 0 spiro atoms. The van der Waals surface area contributed by atoms with E-state index in [1.807, 2.05) is 6.92 Å². The number of imidazole rings is 1. The van der Waals surface area contributed by atoms with Gasteiger partial charge in [0.25, 0.3) is 5.56 Å². The molecule has 2 heterocycles. The number of aromatic hydroxyl groups is 1. The van der Waals surface area contributed by atoms with Gasteiger partial charge in [-0.15, -0.1) is 0 Å². The smallest absolute Gasteiger partial charge is 0.329 e. The van der Waals surface area contributed by atoms with Crippen molar-refractivity contribution in [1.82, 2.24) is 19.1 Å². The Balaban J connectivity index is 2.08. The maximum absolute atomic E-state index is 12.1. The fraction of sp³-hybridized carbons (Fsp3) is 0.250. The third-order valence-electron chi connectivity index (χ3n) is 3.94. The predicted octanol–water partition coefficient (Wildman–Crippen LogP) is 0.985. The number of aromatic nitrogens is 4. The first-order valence-corrected chi connectivity index (χ1v) is 7.72. The van der Waals surface area contributed by atoms with Gasteiger partial charge in [0.15, 0.2) is 11.2 Å². The lowest BCUT2D eigenvalue weighted by molar-refractivity contribution is 0.474. The monoisotopic (exact) mass is 342 g/mol. The van der Waals surface area contributed by atoms with Gasteiger partial charge in [0, 0.05) is 19.2 Å². The number of hydrazone groups is 1. The highest BCUT2D eigenvalue weighted by atomic mass is 16.3. The number of aromatic amines is 1. The molecular weight excluding hydrogens is 324 g/mol. The molecule has 0 aliphatic rings. The van der Waals surface area contributed by atoms with E-state index in [4.69, 9.17) is 0 Å². The number of fused-ring (bicyclic) bond motifs is 1. The standard InChI is InChI=1S/C16H18N6O3/c1-4-22-12-13(21(3)16(25)18-14(12)24)17-15(22)20-19-9(2)10-7-5-6-8-11(10)23/h5-8,23H,4H2,1-3H3,(H,17,20)(H,18,24,25)/b19-9-. The highest BCUT2D eigenvalue weighted by Gasteiger charge is 2.16. The summed E-state index contributed by atoms with van der Waals surface area (Å²) in [5.41, 5.74) is 3.49. The number of hydrogen-bond donors (Lipinski definition) is 3. The molecule has 0 bridgehead atoms. The minimum atomic E-state index is -0.529. The van der Waals surface area contributed by atoms with Gasteiger partial charge in [0.2, 0.25) is 5.95 Å². The molecule has 0 fully saturated rings. The molecular formula is C16H18N6O3. The van der Waals surface area contributed by atoms with Crippen molar-refractivity contribution in [3.8, 4) is 5.75 Å². The minimum absolute atomic E-state index is 0.119. The number of phenolic OH excluding ortho intramolecular Hbond substituents is 1. The second-order valence-corrected chi connectivity index (χ2v) is 5.50. The Hall–Kier alpha value is -3.36. The summed E-state index contributed by atoms with van der Waals surface area (Å²) in [7, 11) is 1.54. The third-order valence-corrected chi connectivity index (χ3v) is 3.94. The van der Waals surface area contributed by atoms with Crippen LogP contribution in [-0.2, 0) is 13.6 Å². The first-order valence-electron chi connectivity index (χ1n) is 7.72. The largest absolute Gasteiger partial charge is 0.507 e. The predicted molar refractivity (Wildman–Crippen MR) is 95.2 cm³/mol. The van der Waals surface area contributed by atoms with Crippen LogP contribution in [0.1, 0.15) is 19.4 Å². The SMILES string of the molecule is CCn1c(N/N=C(/C)c2ccccc2O)nc2c1c(=O)[nH]c(=O)n2C. The number of aryl methyl sites for hydroxylation is 2. The van der Waals surface area contributed by atoms with Crippen LogP contribution >= 0.6 is 0 Å². The summed E-state index contributed by atoms with van der Waals surface area (Å²) in [6.07, 6.45) is 0. The van der Waals surface area contributed by atoms with Gasteiger partial charge in [0.05, 0.1) is 5.71 Å². The van der Waals surface area contributed by atoms with Crippen LogP contribution in [0.4, 0.5) is 5.95 Å². The molecule has 9 nitrogen and oxygen atoms in total. The number of hydrogen-bond acceptors (Lipinski definition) is 6. The molecule has 0 radical (unpaired) electrons. The van der Waals surface area contributed by atoms with E-state index in [1.165, 1.54) is 11.6 Å². The number of H-pyrrole nitrogens is 1. The highest BCUT2D eigenvalue weighted by Crippen LogP contribution is 2.18. The average Bonchev–Trinajstić information content (AvgIpc) is 2.97. The molecule has 1 aromatic carbocycles. The molecule has 2 aromatic heterocycles. The van der Waals surface area contributed by atoms with Crippen LogP contribution in [0.15, 0.2) is 39.0 Å². The van der Waals surface area contributed by atoms with Gasteiger partial charge in [-0.3, -0.25) is 14.3 Å². The van der Waals surface area contributed by atoms with Crippen LogP contribution in [0.5, 0.6) is 5.75 Å². The second-order valence-electron chi connectivity index (χ2n) is 5.50. The Morgan fingerprint density at radius 2 is 2.08 bits per heavy atom. The average molecular weight is 342 g/mol. The van der Waals surface area contributed by atoms with Crippen molar-refractivity contribution in [1.29, 1.82) is 0 Å². The Morgan fingerprint density at radius 3 is 2.76 bits per heavy atom. The van der Waals surface area contributed by atoms with E-state index >= 15 is 0 Å². The maximum Gasteiger partial charge on any atom is 0.329 e. The van der Waals surface area contributed by atoms with Gasteiger partial charge >= 0.3 is 5.69 Å². The Morgan fingerprint density at radius 1 is 1.36 bits per heavy atom. The number of phenols is 1. The summed E-state index contributed by atoms with van der Waals surface area (Å²) in [4.78, 5) is 30.4. The number of nitrogens with zero attached hydrogens (tertiary/aromatic N) is 4. The molecule has 130 valence electrons. The van der Waals surface area contributed by atoms with E-state index in [9.17, 15) is 14.7 Å². The molecule has 0 atom stereocenters. The second kappa shape index (κ2) is 6.27. The fourth-order valence-electron chi connectivity index (χ4n) is 2.60. The summed E-state index contributed by atoms with van der Waals surface area (Å²) in [6.45, 7) is 4.06. The van der Waals surface area contributed by atoms with Gasteiger partial charge in [0.1, 0.15) is 5.75 Å². The van der Waals surface area contributed by atoms with E-state index in [0.717, 1.165) is 0 Å². The van der Waals surface area contributed by atoms with Crippen LogP contribution < -0.4 is 16.7 Å². The molecule has 0 amide bonds. The number of benzene rings is 1. The molecule has 0 unspecified atom stereocenters. The van der Waals surface area contributed by atoms with Crippen molar-refractivity contribution in [3.63, 3.8) is 0 Å². The van der Waals surface area contributed by atoms with Crippen molar-refractivity contribution in [2.45, 2.75) is 20.4 Å². The van der Waals surface area contributed by atoms with Crippen LogP contribution in [0.3, 0.4) is 0 Å². The van der Waals surface area contributed by atoms with E-state index in [0.29, 0.717) is 29.3 Å². The van der Waals surface area contributed by atoms with Crippen LogP contribution in [0.2, 0.25) is 0 Å². The lowest BCUT2D eigenvalue weighted by Gasteiger charge is -2.06. The first-order chi connectivity index (χ1) is 11.9. The molecule has 0 saturated heterocycles. The Labute approximate surface area is 142 Å². The van der Waals surface area contributed by atoms with Gasteiger partial charge in [-0.2, -0.15) is 10.1 Å². The third kappa shape index (κ3) is 2.80. The minimum Gasteiger partial charge on any atom is -0.507 e. The van der Waals surface area contributed by atoms with E-state index in [2.05, 4.69) is 20.5 Å². The van der Waals surface area contributed by atoms with Crippen LogP contribution in [0, 0.1) is 0 Å². The zero-order valence-electron chi connectivity index (χ0n) is 14.1. The van der Waals surface area contributed by atoms with Crippen molar-refractivity contribution in [2.75, 3.05) is 5.43 Å². The summed E-state index contributed by atoms with van der Waals surface area (Å²) in [6, 6.07) is 6.84. The molecule has 3 N–H and O–H groups in total. The molecule has 0 saturated carbocycles. The summed E-state index contributed by atoms with van der Waals surface area (Å²) >= 11 is 0. The Kier molecular flexibility index (Phi) is 4.14. The Bertz CT molecular complexity index is 1090. The van der Waals surface area contributed by atoms with Gasteiger partial charge in [-0.1, -0.05) is 12.1 Å². The normalized spacial score (nSPS) is 11.9. The molecule has 3 aromatic rings. The quantitative estimate of drug-likeness (QED) is 0.483. The number of para-hydroxylation sites is 1. The zero-order chi connectivity index (χ0) is 18.1. The van der Waals surface area contributed by atoms with Gasteiger partial charge in [-0.25, -0.2) is 10.2 Å². The lowest BCUT2D eigenvalue weighted by Crippen LogP contribution is -2.29. The summed E-state index contributed by atoms with van der Waals surface area (Å²) in [5.74, 6) is 0.451. The van der Waals surface area contributed by atoms with Crippen molar-refractivity contribution >= 4 is 22.8 Å². The summed E-state index contributed by atoms with van der Waals surface area (Å²) < 4.78 is 2.91. The van der Waals surface area contributed by atoms with E-state index in [1.54, 1.807) is 35.8 Å². The number of nitrogens with one attached hydrogen (secondary N) is 2. The van der Waals surface area contributed by atoms with Crippen molar-refractivity contribution < 1.29 is 5.11 Å². The van der Waals surface area contributed by atoms with Crippen LogP contribution in [-0.4, -0.2) is 29.9 Å². The fourth-order valence-corrected chi connectivity index (χ4v) is 2.60. The van der Waals surface area contributed by atoms with Crippen molar-refractivity contribution in [2.24, 2.45) is 12.1 Å². The molecule has 0 aliphatic carbocycles. The summed E-state index contributed by atoms with van der Waals surface area (Å²) in [5, 5.41) is 14.1. The lowest BCUT2D eigenvalue weighted by atomic mass is 10.1. The maximum atomic E-state index is 12.1. The van der Waals surface area contributed by atoms with Crippen LogP contribution in [0.25, 0.3) is 11.2 Å². The topological polar surface area (TPSA) is 117 Å². The number of anilines is 1. The van der Waals surface area contributed by atoms with E-state index < -0.39 is 11.2 Å². The molecule has 9 heteroatoms.